The SMILES string of the molecule is Cc1cccc(-c2nc3c(N)cc(Br)cc3[nH]2)c1Cl. The third kappa shape index (κ3) is 2.11. The van der Waals surface area contributed by atoms with Crippen LogP contribution in [-0.2, 0) is 0 Å². The molecular formula is C14H11BrClN3. The number of nitrogens with two attached hydrogens (primary N) is 1. The second-order valence-corrected chi connectivity index (χ2v) is 5.71. The summed E-state index contributed by atoms with van der Waals surface area (Å²) in [6, 6.07) is 9.66. The van der Waals surface area contributed by atoms with Gasteiger partial charge in [-0.15, -0.1) is 0 Å². The van der Waals surface area contributed by atoms with Crippen molar-refractivity contribution in [3.63, 3.8) is 0 Å². The number of H-pyrrole nitrogens is 1. The molecule has 2 aromatic carbocycles. The molecule has 96 valence electrons. The highest BCUT2D eigenvalue weighted by Gasteiger charge is 2.12. The molecule has 1 aromatic heterocycles. The van der Waals surface area contributed by atoms with Gasteiger partial charge in [-0.05, 0) is 30.7 Å². The number of aromatic nitrogens is 2. The molecule has 0 atom stereocenters. The number of nitrogens with one attached hydrogen (secondary N) is 1. The summed E-state index contributed by atoms with van der Waals surface area (Å²) >= 11 is 9.75. The van der Waals surface area contributed by atoms with Crippen molar-refractivity contribution in [2.45, 2.75) is 6.92 Å². The summed E-state index contributed by atoms with van der Waals surface area (Å²) in [5.41, 5.74) is 10.2. The third-order valence-corrected chi connectivity index (χ3v) is 3.99. The number of benzene rings is 2. The summed E-state index contributed by atoms with van der Waals surface area (Å²) in [6.07, 6.45) is 0. The van der Waals surface area contributed by atoms with Crippen LogP contribution < -0.4 is 5.73 Å². The van der Waals surface area contributed by atoms with Crippen molar-refractivity contribution in [1.29, 1.82) is 0 Å². The van der Waals surface area contributed by atoms with Crippen LogP contribution in [0, 0.1) is 6.92 Å². The molecule has 5 heteroatoms. The Hall–Kier alpha value is -1.52. The van der Waals surface area contributed by atoms with Crippen molar-refractivity contribution >= 4 is 44.3 Å². The fourth-order valence-corrected chi connectivity index (χ4v) is 2.76. The minimum absolute atomic E-state index is 0.635. The fourth-order valence-electron chi connectivity index (χ4n) is 2.07. The van der Waals surface area contributed by atoms with Crippen LogP contribution in [0.5, 0.6) is 0 Å². The molecule has 3 N–H and O–H groups in total. The predicted octanol–water partition coefficient (Wildman–Crippen LogP) is 4.54. The molecule has 3 aromatic rings. The van der Waals surface area contributed by atoms with Crippen molar-refractivity contribution in [2.75, 3.05) is 5.73 Å². The molecule has 0 aliphatic heterocycles. The van der Waals surface area contributed by atoms with Gasteiger partial charge in [0.25, 0.3) is 0 Å². The Bertz CT molecular complexity index is 780. The van der Waals surface area contributed by atoms with Gasteiger partial charge >= 0.3 is 0 Å². The number of imidazole rings is 1. The second-order valence-electron chi connectivity index (χ2n) is 4.41. The lowest BCUT2D eigenvalue weighted by atomic mass is 10.1. The van der Waals surface area contributed by atoms with Crippen molar-refractivity contribution in [2.24, 2.45) is 0 Å². The van der Waals surface area contributed by atoms with E-state index in [2.05, 4.69) is 25.9 Å². The van der Waals surface area contributed by atoms with E-state index in [1.54, 1.807) is 0 Å². The number of hydrogen-bond acceptors (Lipinski definition) is 2. The second kappa shape index (κ2) is 4.54. The first-order valence-electron chi connectivity index (χ1n) is 5.76. The van der Waals surface area contributed by atoms with E-state index in [1.165, 1.54) is 0 Å². The molecule has 0 amide bonds. The van der Waals surface area contributed by atoms with Gasteiger partial charge in [0.15, 0.2) is 0 Å². The van der Waals surface area contributed by atoms with Gasteiger partial charge in [0.1, 0.15) is 11.3 Å². The molecule has 0 spiro atoms. The van der Waals surface area contributed by atoms with Gasteiger partial charge in [0.2, 0.25) is 0 Å². The molecule has 0 fully saturated rings. The number of hydrogen-bond donors (Lipinski definition) is 2. The van der Waals surface area contributed by atoms with Crippen LogP contribution >= 0.6 is 27.5 Å². The van der Waals surface area contributed by atoms with Crippen molar-refractivity contribution < 1.29 is 0 Å². The summed E-state index contributed by atoms with van der Waals surface area (Å²) < 4.78 is 0.919. The van der Waals surface area contributed by atoms with E-state index in [4.69, 9.17) is 17.3 Å². The third-order valence-electron chi connectivity index (χ3n) is 3.03. The average Bonchev–Trinajstić information content (AvgIpc) is 2.76. The molecule has 0 saturated carbocycles. The van der Waals surface area contributed by atoms with Crippen LogP contribution in [0.15, 0.2) is 34.8 Å². The van der Waals surface area contributed by atoms with Gasteiger partial charge in [0, 0.05) is 10.0 Å². The highest BCUT2D eigenvalue weighted by molar-refractivity contribution is 9.10. The van der Waals surface area contributed by atoms with E-state index in [0.29, 0.717) is 10.7 Å². The van der Waals surface area contributed by atoms with E-state index in [1.807, 2.05) is 37.3 Å². The lowest BCUT2D eigenvalue weighted by molar-refractivity contribution is 1.32. The van der Waals surface area contributed by atoms with Crippen LogP contribution in [0.1, 0.15) is 5.56 Å². The van der Waals surface area contributed by atoms with E-state index in [0.717, 1.165) is 32.5 Å². The van der Waals surface area contributed by atoms with Gasteiger partial charge in [-0.25, -0.2) is 4.98 Å². The first-order valence-corrected chi connectivity index (χ1v) is 6.93. The van der Waals surface area contributed by atoms with E-state index >= 15 is 0 Å². The highest BCUT2D eigenvalue weighted by atomic mass is 79.9. The van der Waals surface area contributed by atoms with E-state index in [-0.39, 0.29) is 0 Å². The number of nitrogen functional groups attached to an aromatic ring is 1. The Morgan fingerprint density at radius 1 is 1.32 bits per heavy atom. The normalized spacial score (nSPS) is 11.1. The quantitative estimate of drug-likeness (QED) is 0.641. The molecule has 0 bridgehead atoms. The topological polar surface area (TPSA) is 54.7 Å². The molecular weight excluding hydrogens is 326 g/mol. The van der Waals surface area contributed by atoms with Gasteiger partial charge in [-0.2, -0.15) is 0 Å². The smallest absolute Gasteiger partial charge is 0.140 e. The number of fused-ring (bicyclic) bond motifs is 1. The molecule has 0 radical (unpaired) electrons. The van der Waals surface area contributed by atoms with Gasteiger partial charge < -0.3 is 10.7 Å². The van der Waals surface area contributed by atoms with Gasteiger partial charge in [-0.3, -0.25) is 0 Å². The number of aromatic amines is 1. The average molecular weight is 337 g/mol. The van der Waals surface area contributed by atoms with E-state index in [9.17, 15) is 0 Å². The Labute approximate surface area is 123 Å². The summed E-state index contributed by atoms with van der Waals surface area (Å²) in [7, 11) is 0. The summed E-state index contributed by atoms with van der Waals surface area (Å²) in [4.78, 5) is 7.80. The number of rotatable bonds is 1. The Kier molecular flexibility index (Phi) is 2.99. The zero-order chi connectivity index (χ0) is 13.6. The predicted molar refractivity (Wildman–Crippen MR) is 83.4 cm³/mol. The van der Waals surface area contributed by atoms with Crippen LogP contribution in [0.2, 0.25) is 5.02 Å². The van der Waals surface area contributed by atoms with Crippen LogP contribution in [0.4, 0.5) is 5.69 Å². The van der Waals surface area contributed by atoms with E-state index < -0.39 is 0 Å². The number of halogens is 2. The highest BCUT2D eigenvalue weighted by Crippen LogP contribution is 2.32. The lowest BCUT2D eigenvalue weighted by Gasteiger charge is -2.02. The van der Waals surface area contributed by atoms with Gasteiger partial charge in [-0.1, -0.05) is 39.7 Å². The molecule has 0 unspecified atom stereocenters. The zero-order valence-electron chi connectivity index (χ0n) is 10.2. The molecule has 0 aliphatic rings. The monoisotopic (exact) mass is 335 g/mol. The molecule has 3 rings (SSSR count). The minimum Gasteiger partial charge on any atom is -0.397 e. The maximum Gasteiger partial charge on any atom is 0.140 e. The fraction of sp³-hybridized carbons (Fsp3) is 0.0714. The summed E-state index contributed by atoms with van der Waals surface area (Å²) in [5.74, 6) is 0.730. The molecule has 19 heavy (non-hydrogen) atoms. The Morgan fingerprint density at radius 3 is 2.89 bits per heavy atom. The Balaban J connectivity index is 2.26. The molecule has 3 nitrogen and oxygen atoms in total. The first kappa shape index (κ1) is 12.5. The van der Waals surface area contributed by atoms with Crippen LogP contribution in [-0.4, -0.2) is 9.97 Å². The maximum absolute atomic E-state index is 6.33. The largest absolute Gasteiger partial charge is 0.397 e. The zero-order valence-corrected chi connectivity index (χ0v) is 12.5. The van der Waals surface area contributed by atoms with Crippen molar-refractivity contribution in [1.82, 2.24) is 9.97 Å². The minimum atomic E-state index is 0.635. The van der Waals surface area contributed by atoms with Crippen LogP contribution in [0.25, 0.3) is 22.4 Å². The van der Waals surface area contributed by atoms with Crippen LogP contribution in [0.3, 0.4) is 0 Å². The van der Waals surface area contributed by atoms with Crippen molar-refractivity contribution in [3.8, 4) is 11.4 Å². The number of aryl methyl sites for hydroxylation is 1. The molecule has 0 aliphatic carbocycles. The lowest BCUT2D eigenvalue weighted by Crippen LogP contribution is -1.86. The summed E-state index contributed by atoms with van der Waals surface area (Å²) in [6.45, 7) is 1.97. The summed E-state index contributed by atoms with van der Waals surface area (Å²) in [5, 5.41) is 0.708. The maximum atomic E-state index is 6.33. The van der Waals surface area contributed by atoms with Crippen molar-refractivity contribution in [3.05, 3.63) is 45.4 Å². The number of nitrogens with zero attached hydrogens (tertiary/aromatic N) is 1. The first-order chi connectivity index (χ1) is 9.06. The standard InChI is InChI=1S/C14H11BrClN3/c1-7-3-2-4-9(12(7)16)14-18-11-6-8(15)5-10(17)13(11)19-14/h2-6H,17H2,1H3,(H,18,19). The Morgan fingerprint density at radius 2 is 2.11 bits per heavy atom. The number of anilines is 1. The molecule has 0 saturated heterocycles. The molecule has 1 heterocycles. The van der Waals surface area contributed by atoms with Gasteiger partial charge in [0.05, 0.1) is 16.2 Å².